The van der Waals surface area contributed by atoms with Crippen molar-refractivity contribution in [1.29, 1.82) is 0 Å². The summed E-state index contributed by atoms with van der Waals surface area (Å²) in [6.07, 6.45) is -1.04. The zero-order valence-corrected chi connectivity index (χ0v) is 21.9. The van der Waals surface area contributed by atoms with Gasteiger partial charge in [0.15, 0.2) is 11.5 Å². The molecule has 3 atom stereocenters. The third-order valence-electron chi connectivity index (χ3n) is 7.46. The van der Waals surface area contributed by atoms with Crippen LogP contribution in [0.5, 0.6) is 11.5 Å². The lowest BCUT2D eigenvalue weighted by Crippen LogP contribution is -2.52. The van der Waals surface area contributed by atoms with Gasteiger partial charge in [0.2, 0.25) is 0 Å². The highest BCUT2D eigenvalue weighted by molar-refractivity contribution is 5.90. The number of aryl methyl sites for hydroxylation is 1. The molecule has 1 saturated heterocycles. The summed E-state index contributed by atoms with van der Waals surface area (Å²) in [6.45, 7) is 3.06. The molecule has 2 amide bonds. The highest BCUT2D eigenvalue weighted by Gasteiger charge is 2.50. The number of fused-ring (bicyclic) bond motifs is 1. The minimum absolute atomic E-state index is 0.0823. The maximum atomic E-state index is 12.6. The van der Waals surface area contributed by atoms with Gasteiger partial charge in [-0.25, -0.2) is 9.59 Å². The van der Waals surface area contributed by atoms with Crippen molar-refractivity contribution in [2.24, 2.45) is 0 Å². The van der Waals surface area contributed by atoms with Crippen molar-refractivity contribution in [2.45, 2.75) is 56.3 Å². The van der Waals surface area contributed by atoms with Crippen molar-refractivity contribution in [2.75, 3.05) is 33.1 Å². The van der Waals surface area contributed by atoms with Gasteiger partial charge in [-0.3, -0.25) is 0 Å². The number of carboxylic acids is 1. The molecule has 4 rings (SSSR count). The predicted octanol–water partition coefficient (Wildman–Crippen LogP) is 4.96. The van der Waals surface area contributed by atoms with E-state index in [0.29, 0.717) is 6.04 Å². The minimum atomic E-state index is -5.08. The number of hydrogen-bond donors (Lipinski definition) is 3. The maximum Gasteiger partial charge on any atom is 0.490 e. The van der Waals surface area contributed by atoms with Gasteiger partial charge in [-0.05, 0) is 75.5 Å². The largest absolute Gasteiger partial charge is 0.493 e. The average Bonchev–Trinajstić information content (AvgIpc) is 3.21. The molecule has 8 nitrogen and oxygen atoms in total. The summed E-state index contributed by atoms with van der Waals surface area (Å²) < 4.78 is 42.7. The molecule has 0 radical (unpaired) electrons. The van der Waals surface area contributed by atoms with Gasteiger partial charge in [0.25, 0.3) is 0 Å². The van der Waals surface area contributed by atoms with Crippen LogP contribution in [-0.4, -0.2) is 68.1 Å². The van der Waals surface area contributed by atoms with E-state index in [2.05, 4.69) is 34.7 Å². The number of halogens is 3. The monoisotopic (exact) mass is 537 g/mol. The van der Waals surface area contributed by atoms with Gasteiger partial charge in [0, 0.05) is 23.2 Å². The summed E-state index contributed by atoms with van der Waals surface area (Å²) in [5, 5.41) is 13.3. The second kappa shape index (κ2) is 11.9. The number of ether oxygens (including phenoxy) is 2. The zero-order chi connectivity index (χ0) is 28.1. The predicted molar refractivity (Wildman–Crippen MR) is 137 cm³/mol. The summed E-state index contributed by atoms with van der Waals surface area (Å²) in [4.78, 5) is 24.0. The number of hydrogen-bond acceptors (Lipinski definition) is 5. The second-order valence-corrected chi connectivity index (χ2v) is 9.66. The molecule has 0 unspecified atom stereocenters. The number of amides is 2. The summed E-state index contributed by atoms with van der Waals surface area (Å²) in [7, 11) is 5.55. The Morgan fingerprint density at radius 3 is 2.34 bits per heavy atom. The lowest BCUT2D eigenvalue weighted by Gasteiger charge is -2.45. The minimum Gasteiger partial charge on any atom is -0.493 e. The van der Waals surface area contributed by atoms with Crippen molar-refractivity contribution >= 4 is 17.7 Å². The smallest absolute Gasteiger partial charge is 0.490 e. The fourth-order valence-electron chi connectivity index (χ4n) is 5.45. The van der Waals surface area contributed by atoms with Gasteiger partial charge in [-0.2, -0.15) is 13.2 Å². The average molecular weight is 538 g/mol. The number of rotatable bonds is 5. The number of alkyl halides is 3. The van der Waals surface area contributed by atoms with Gasteiger partial charge < -0.3 is 30.1 Å². The van der Waals surface area contributed by atoms with Crippen LogP contribution in [0.15, 0.2) is 42.5 Å². The molecule has 11 heteroatoms. The van der Waals surface area contributed by atoms with Crippen molar-refractivity contribution < 1.29 is 37.3 Å². The quantitative estimate of drug-likeness (QED) is 0.499. The molecule has 2 aromatic rings. The van der Waals surface area contributed by atoms with Gasteiger partial charge in [-0.15, -0.1) is 0 Å². The number of nitrogens with one attached hydrogen (secondary N) is 2. The topological polar surface area (TPSA) is 100 Å². The Labute approximate surface area is 220 Å². The number of likely N-dealkylation sites (tertiary alicyclic amines) is 1. The van der Waals surface area contributed by atoms with Crippen LogP contribution in [-0.2, 0) is 10.2 Å². The van der Waals surface area contributed by atoms with Crippen LogP contribution in [0.2, 0.25) is 0 Å². The van der Waals surface area contributed by atoms with Crippen LogP contribution < -0.4 is 20.1 Å². The second-order valence-electron chi connectivity index (χ2n) is 9.66. The van der Waals surface area contributed by atoms with Crippen LogP contribution in [0.3, 0.4) is 0 Å². The van der Waals surface area contributed by atoms with Crippen molar-refractivity contribution in [3.8, 4) is 11.5 Å². The molecule has 208 valence electrons. The van der Waals surface area contributed by atoms with Crippen molar-refractivity contribution in [3.63, 3.8) is 0 Å². The molecule has 1 heterocycles. The summed E-state index contributed by atoms with van der Waals surface area (Å²) in [5.74, 6) is -1.22. The number of benzene rings is 2. The van der Waals surface area contributed by atoms with E-state index < -0.39 is 12.1 Å². The van der Waals surface area contributed by atoms with Crippen molar-refractivity contribution in [1.82, 2.24) is 10.2 Å². The molecular formula is C27H34F3N3O5. The Bertz CT molecular complexity index is 1140. The van der Waals surface area contributed by atoms with Crippen LogP contribution in [0, 0.1) is 6.92 Å². The standard InChI is InChI=1S/C25H33N3O3.C2HF3O2/c1-17-7-5-6-8-20(17)27-24(29)26-19-11-12-25(13-14-28(2)23(25)16-19)18-9-10-21(30-3)22(15-18)31-4;3-2(4,5)1(6)7/h5-10,15,19,23H,11-14,16H2,1-4H3,(H2,26,27,29);(H,6,7)/t19-,23+,25+;/m1./s1. The van der Waals surface area contributed by atoms with E-state index in [1.54, 1.807) is 14.2 Å². The molecule has 1 aliphatic heterocycles. The summed E-state index contributed by atoms with van der Waals surface area (Å²) in [5.41, 5.74) is 3.30. The molecule has 2 aliphatic rings. The fourth-order valence-corrected chi connectivity index (χ4v) is 5.45. The first-order valence-corrected chi connectivity index (χ1v) is 12.3. The highest BCUT2D eigenvalue weighted by atomic mass is 19.4. The molecule has 0 bridgehead atoms. The SMILES string of the molecule is COc1ccc([C@@]23CC[C@@H](NC(=O)Nc4ccccc4C)C[C@@H]2N(C)CC3)cc1OC.O=C(O)C(F)(F)F. The molecule has 1 saturated carbocycles. The Balaban J connectivity index is 0.000000505. The molecule has 3 N–H and O–H groups in total. The van der Waals surface area contributed by atoms with E-state index in [1.165, 1.54) is 5.56 Å². The van der Waals surface area contributed by atoms with Crippen molar-refractivity contribution in [3.05, 3.63) is 53.6 Å². The highest BCUT2D eigenvalue weighted by Crippen LogP contribution is 2.49. The molecule has 38 heavy (non-hydrogen) atoms. The third-order valence-corrected chi connectivity index (χ3v) is 7.46. The van der Waals surface area contributed by atoms with E-state index >= 15 is 0 Å². The lowest BCUT2D eigenvalue weighted by molar-refractivity contribution is -0.192. The van der Waals surface area contributed by atoms with Crippen LogP contribution in [0.4, 0.5) is 23.7 Å². The first kappa shape index (κ1) is 29.1. The van der Waals surface area contributed by atoms with Gasteiger partial charge in [0.1, 0.15) is 0 Å². The molecule has 2 aromatic carbocycles. The Kier molecular flexibility index (Phi) is 9.14. The van der Waals surface area contributed by atoms with Crippen LogP contribution in [0.25, 0.3) is 0 Å². The number of carbonyl (C=O) groups excluding carboxylic acids is 1. The fraction of sp³-hybridized carbons (Fsp3) is 0.481. The molecule has 0 spiro atoms. The molecule has 1 aliphatic carbocycles. The van der Waals surface area contributed by atoms with Gasteiger partial charge in [-0.1, -0.05) is 24.3 Å². The summed E-state index contributed by atoms with van der Waals surface area (Å²) >= 11 is 0. The third kappa shape index (κ3) is 6.50. The Morgan fingerprint density at radius 2 is 1.74 bits per heavy atom. The number of anilines is 1. The van der Waals surface area contributed by atoms with E-state index in [4.69, 9.17) is 19.4 Å². The van der Waals surface area contributed by atoms with E-state index in [9.17, 15) is 18.0 Å². The number of para-hydroxylation sites is 1. The first-order chi connectivity index (χ1) is 17.9. The number of likely N-dealkylation sites (N-methyl/N-ethyl adjacent to an activating group) is 1. The van der Waals surface area contributed by atoms with Gasteiger partial charge >= 0.3 is 18.2 Å². The normalized spacial score (nSPS) is 22.9. The number of urea groups is 1. The Hall–Kier alpha value is -3.47. The van der Waals surface area contributed by atoms with E-state index in [-0.39, 0.29) is 17.5 Å². The van der Waals surface area contributed by atoms with E-state index in [1.807, 2.05) is 37.3 Å². The number of nitrogens with zero attached hydrogens (tertiary/aromatic N) is 1. The van der Waals surface area contributed by atoms with Crippen LogP contribution >= 0.6 is 0 Å². The molecular weight excluding hydrogens is 503 g/mol. The first-order valence-electron chi connectivity index (χ1n) is 12.3. The van der Waals surface area contributed by atoms with E-state index in [0.717, 1.165) is 55.0 Å². The lowest BCUT2D eigenvalue weighted by atomic mass is 9.65. The summed E-state index contributed by atoms with van der Waals surface area (Å²) in [6, 6.07) is 14.6. The number of aliphatic carboxylic acids is 1. The number of carboxylic acid groups (broad SMARTS) is 1. The van der Waals surface area contributed by atoms with Gasteiger partial charge in [0.05, 0.1) is 14.2 Å². The Morgan fingerprint density at radius 1 is 1.08 bits per heavy atom. The number of methoxy groups -OCH3 is 2. The molecule has 0 aromatic heterocycles. The maximum absolute atomic E-state index is 12.6. The zero-order valence-electron chi connectivity index (χ0n) is 21.9. The molecule has 2 fully saturated rings. The van der Waals surface area contributed by atoms with Crippen LogP contribution in [0.1, 0.15) is 36.8 Å². The number of carbonyl (C=O) groups is 2.